The fraction of sp³-hybridized carbons (Fsp3) is 0.733. The Balaban J connectivity index is 4.39. The Morgan fingerprint density at radius 1 is 1.14 bits per heavy atom. The lowest BCUT2D eigenvalue weighted by Crippen LogP contribution is -2.50. The number of amides is 3. The minimum Gasteiger partial charge on any atom is -0.345 e. The number of nitrogens with one attached hydrogen (secondary N) is 3. The van der Waals surface area contributed by atoms with Gasteiger partial charge in [0, 0.05) is 6.92 Å². The topological polar surface area (TPSA) is 104 Å². The number of rotatable bonds is 10. The molecule has 0 aliphatic heterocycles. The second kappa shape index (κ2) is 10.8. The van der Waals surface area contributed by atoms with Crippen molar-refractivity contribution in [3.05, 3.63) is 0 Å². The third-order valence-electron chi connectivity index (χ3n) is 2.93. The van der Waals surface area contributed by atoms with Gasteiger partial charge in [-0.1, -0.05) is 27.2 Å². The summed E-state index contributed by atoms with van der Waals surface area (Å²) in [6, 6.07) is -1.20. The van der Waals surface area contributed by atoms with Crippen LogP contribution in [0, 0.1) is 5.92 Å². The maximum Gasteiger partial charge on any atom is 0.243 e. The predicted octanol–water partition coefficient (Wildman–Crippen LogP) is 0.137. The van der Waals surface area contributed by atoms with Gasteiger partial charge in [0.2, 0.25) is 17.7 Å². The normalized spacial score (nSPS) is 13.1. The van der Waals surface area contributed by atoms with Crippen LogP contribution in [0.4, 0.5) is 0 Å². The molecule has 0 fully saturated rings. The second-order valence-corrected chi connectivity index (χ2v) is 5.70. The zero-order valence-corrected chi connectivity index (χ0v) is 13.8. The summed E-state index contributed by atoms with van der Waals surface area (Å²) in [6.07, 6.45) is 2.50. The lowest BCUT2D eigenvalue weighted by atomic mass is 10.0. The highest BCUT2D eigenvalue weighted by atomic mass is 16.2. The molecule has 0 radical (unpaired) electrons. The van der Waals surface area contributed by atoms with Gasteiger partial charge in [-0.05, 0) is 18.8 Å². The van der Waals surface area contributed by atoms with Crippen LogP contribution in [0.2, 0.25) is 0 Å². The summed E-state index contributed by atoms with van der Waals surface area (Å²) in [4.78, 5) is 45.6. The first-order valence-corrected chi connectivity index (χ1v) is 7.59. The maximum atomic E-state index is 12.0. The van der Waals surface area contributed by atoms with Crippen LogP contribution in [0.3, 0.4) is 0 Å². The summed E-state index contributed by atoms with van der Waals surface area (Å²) in [6.45, 7) is 6.91. The van der Waals surface area contributed by atoms with Crippen molar-refractivity contribution in [2.75, 3.05) is 6.54 Å². The van der Waals surface area contributed by atoms with Crippen LogP contribution in [0.25, 0.3) is 0 Å². The number of carbonyl (C=O) groups excluding carboxylic acids is 4. The van der Waals surface area contributed by atoms with Crippen LogP contribution < -0.4 is 16.0 Å². The van der Waals surface area contributed by atoms with E-state index >= 15 is 0 Å². The van der Waals surface area contributed by atoms with E-state index in [-0.39, 0.29) is 18.4 Å². The predicted molar refractivity (Wildman–Crippen MR) is 83.0 cm³/mol. The summed E-state index contributed by atoms with van der Waals surface area (Å²) < 4.78 is 0. The maximum absolute atomic E-state index is 12.0. The summed E-state index contributed by atoms with van der Waals surface area (Å²) in [5.74, 6) is -0.906. The molecule has 3 amide bonds. The lowest BCUT2D eigenvalue weighted by molar-refractivity contribution is -0.130. The van der Waals surface area contributed by atoms with Gasteiger partial charge in [-0.3, -0.25) is 14.4 Å². The zero-order chi connectivity index (χ0) is 17.1. The highest BCUT2D eigenvalue weighted by Gasteiger charge is 2.21. The molecule has 0 bridgehead atoms. The van der Waals surface area contributed by atoms with Gasteiger partial charge in [-0.15, -0.1) is 0 Å². The molecule has 0 saturated heterocycles. The molecular formula is C15H27N3O4. The highest BCUT2D eigenvalue weighted by Crippen LogP contribution is 2.04. The number of hydrogen-bond acceptors (Lipinski definition) is 4. The van der Waals surface area contributed by atoms with E-state index in [2.05, 4.69) is 16.0 Å². The molecule has 22 heavy (non-hydrogen) atoms. The van der Waals surface area contributed by atoms with Gasteiger partial charge in [0.15, 0.2) is 0 Å². The van der Waals surface area contributed by atoms with Gasteiger partial charge in [0.25, 0.3) is 0 Å². The number of carbonyl (C=O) groups is 4. The van der Waals surface area contributed by atoms with Crippen LogP contribution in [0.1, 0.15) is 47.0 Å². The fourth-order valence-corrected chi connectivity index (χ4v) is 1.98. The minimum absolute atomic E-state index is 0.221. The summed E-state index contributed by atoms with van der Waals surface area (Å²) >= 11 is 0. The molecule has 0 rings (SSSR count). The van der Waals surface area contributed by atoms with E-state index < -0.39 is 23.9 Å². The van der Waals surface area contributed by atoms with Crippen molar-refractivity contribution >= 4 is 24.0 Å². The van der Waals surface area contributed by atoms with Crippen molar-refractivity contribution in [2.45, 2.75) is 59.0 Å². The third kappa shape index (κ3) is 9.10. The second-order valence-electron chi connectivity index (χ2n) is 5.70. The standard InChI is InChI=1S/C15H27N3O4/c1-5-6-12(9-19)18-14(21)8-16-15(22)13(7-10(2)3)17-11(4)20/h9-10,12-13H,5-8H2,1-4H3,(H,16,22)(H,17,20)(H,18,21). The fourth-order valence-electron chi connectivity index (χ4n) is 1.98. The molecule has 7 nitrogen and oxygen atoms in total. The van der Waals surface area contributed by atoms with Gasteiger partial charge in [-0.25, -0.2) is 0 Å². The molecular weight excluding hydrogens is 286 g/mol. The molecule has 0 spiro atoms. The van der Waals surface area contributed by atoms with Gasteiger partial charge in [0.1, 0.15) is 12.3 Å². The molecule has 0 aromatic rings. The molecule has 0 aliphatic rings. The minimum atomic E-state index is -0.664. The Morgan fingerprint density at radius 3 is 2.23 bits per heavy atom. The van der Waals surface area contributed by atoms with E-state index in [1.165, 1.54) is 6.92 Å². The average Bonchev–Trinajstić information content (AvgIpc) is 2.42. The summed E-state index contributed by atoms with van der Waals surface area (Å²) in [5.41, 5.74) is 0. The molecule has 2 atom stereocenters. The molecule has 0 aliphatic carbocycles. The first-order chi connectivity index (χ1) is 10.3. The van der Waals surface area contributed by atoms with Gasteiger partial charge in [-0.2, -0.15) is 0 Å². The van der Waals surface area contributed by atoms with Crippen molar-refractivity contribution < 1.29 is 19.2 Å². The van der Waals surface area contributed by atoms with Crippen molar-refractivity contribution in [1.29, 1.82) is 0 Å². The molecule has 126 valence electrons. The van der Waals surface area contributed by atoms with E-state index in [1.54, 1.807) is 0 Å². The first-order valence-electron chi connectivity index (χ1n) is 7.59. The third-order valence-corrected chi connectivity index (χ3v) is 2.93. The van der Waals surface area contributed by atoms with Crippen molar-refractivity contribution in [2.24, 2.45) is 5.92 Å². The zero-order valence-electron chi connectivity index (χ0n) is 13.8. The van der Waals surface area contributed by atoms with Gasteiger partial charge >= 0.3 is 0 Å². The van der Waals surface area contributed by atoms with E-state index in [1.807, 2.05) is 20.8 Å². The van der Waals surface area contributed by atoms with E-state index in [0.29, 0.717) is 19.1 Å². The Kier molecular flexibility index (Phi) is 9.82. The molecule has 0 aromatic carbocycles. The van der Waals surface area contributed by atoms with Gasteiger partial charge in [0.05, 0.1) is 12.6 Å². The Bertz CT molecular complexity index is 396. The molecule has 0 aromatic heterocycles. The lowest BCUT2D eigenvalue weighted by Gasteiger charge is -2.19. The average molecular weight is 313 g/mol. The first kappa shape index (κ1) is 20.1. The van der Waals surface area contributed by atoms with E-state index in [0.717, 1.165) is 6.42 Å². The largest absolute Gasteiger partial charge is 0.345 e. The quantitative estimate of drug-likeness (QED) is 0.499. The molecule has 0 heterocycles. The van der Waals surface area contributed by atoms with Crippen LogP contribution in [-0.4, -0.2) is 42.6 Å². The monoisotopic (exact) mass is 313 g/mol. The van der Waals surface area contributed by atoms with E-state index in [9.17, 15) is 19.2 Å². The van der Waals surface area contributed by atoms with Crippen LogP contribution in [0.15, 0.2) is 0 Å². The molecule has 0 saturated carbocycles. The highest BCUT2D eigenvalue weighted by molar-refractivity contribution is 5.90. The van der Waals surface area contributed by atoms with Crippen molar-refractivity contribution in [3.8, 4) is 0 Å². The van der Waals surface area contributed by atoms with E-state index in [4.69, 9.17) is 0 Å². The van der Waals surface area contributed by atoms with Crippen LogP contribution >= 0.6 is 0 Å². The van der Waals surface area contributed by atoms with Gasteiger partial charge < -0.3 is 20.7 Å². The molecule has 2 unspecified atom stereocenters. The Morgan fingerprint density at radius 2 is 1.77 bits per heavy atom. The summed E-state index contributed by atoms with van der Waals surface area (Å²) in [5, 5.41) is 7.59. The number of aldehydes is 1. The number of hydrogen-bond donors (Lipinski definition) is 3. The molecule has 7 heteroatoms. The van der Waals surface area contributed by atoms with Crippen molar-refractivity contribution in [3.63, 3.8) is 0 Å². The van der Waals surface area contributed by atoms with Crippen LogP contribution in [0.5, 0.6) is 0 Å². The SMILES string of the molecule is CCCC(C=O)NC(=O)CNC(=O)C(CC(C)C)NC(C)=O. The smallest absolute Gasteiger partial charge is 0.243 e. The molecule has 3 N–H and O–H groups in total. The van der Waals surface area contributed by atoms with Crippen LogP contribution in [-0.2, 0) is 19.2 Å². The Hall–Kier alpha value is -1.92. The summed E-state index contributed by atoms with van der Waals surface area (Å²) in [7, 11) is 0. The Labute approximate surface area is 131 Å². The van der Waals surface area contributed by atoms with Crippen molar-refractivity contribution in [1.82, 2.24) is 16.0 Å².